The summed E-state index contributed by atoms with van der Waals surface area (Å²) < 4.78 is 0. The summed E-state index contributed by atoms with van der Waals surface area (Å²) in [6.45, 7) is 12.1. The zero-order chi connectivity index (χ0) is 14.4. The molecule has 1 amide bonds. The molecule has 1 fully saturated rings. The van der Waals surface area contributed by atoms with E-state index in [4.69, 9.17) is 0 Å². The summed E-state index contributed by atoms with van der Waals surface area (Å²) in [7, 11) is 1.98. The van der Waals surface area contributed by atoms with Gasteiger partial charge in [0.15, 0.2) is 0 Å². The third kappa shape index (κ3) is 5.52. The van der Waals surface area contributed by atoms with E-state index in [2.05, 4.69) is 18.7 Å². The Morgan fingerprint density at radius 2 is 1.89 bits per heavy atom. The third-order valence-electron chi connectivity index (χ3n) is 4.20. The van der Waals surface area contributed by atoms with Crippen LogP contribution in [0.1, 0.15) is 53.4 Å². The van der Waals surface area contributed by atoms with E-state index in [1.54, 1.807) is 0 Å². The maximum Gasteiger partial charge on any atom is 0.225 e. The number of amides is 1. The van der Waals surface area contributed by atoms with Gasteiger partial charge in [0.25, 0.3) is 0 Å². The van der Waals surface area contributed by atoms with Crippen LogP contribution in [0.25, 0.3) is 0 Å². The highest BCUT2D eigenvalue weighted by Gasteiger charge is 2.24. The van der Waals surface area contributed by atoms with Gasteiger partial charge >= 0.3 is 0 Å². The van der Waals surface area contributed by atoms with Crippen LogP contribution in [0.3, 0.4) is 0 Å². The molecule has 1 aliphatic heterocycles. The third-order valence-corrected chi connectivity index (χ3v) is 4.20. The lowest BCUT2D eigenvalue weighted by molar-refractivity contribution is -0.135. The maximum atomic E-state index is 12.1. The van der Waals surface area contributed by atoms with Crippen molar-refractivity contribution in [3.05, 3.63) is 0 Å². The van der Waals surface area contributed by atoms with Crippen LogP contribution >= 0.6 is 0 Å². The molecule has 1 aliphatic rings. The first kappa shape index (κ1) is 16.5. The Hall–Kier alpha value is -0.570. The summed E-state index contributed by atoms with van der Waals surface area (Å²) in [5.74, 6) is 1.19. The largest absolute Gasteiger partial charge is 0.343 e. The van der Waals surface area contributed by atoms with Crippen molar-refractivity contribution in [1.82, 2.24) is 9.80 Å². The zero-order valence-corrected chi connectivity index (χ0v) is 13.5. The molecule has 0 bridgehead atoms. The fourth-order valence-electron chi connectivity index (χ4n) is 2.78. The van der Waals surface area contributed by atoms with Crippen LogP contribution in [0.15, 0.2) is 0 Å². The normalized spacial score (nSPS) is 21.7. The molecule has 3 nitrogen and oxygen atoms in total. The summed E-state index contributed by atoms with van der Waals surface area (Å²) in [4.78, 5) is 16.6. The van der Waals surface area contributed by atoms with Crippen LogP contribution in [0.5, 0.6) is 0 Å². The minimum atomic E-state index is 0.116. The Morgan fingerprint density at radius 1 is 1.21 bits per heavy atom. The number of carbonyl (C=O) groups is 1. The highest BCUT2D eigenvalue weighted by molar-refractivity contribution is 5.78. The highest BCUT2D eigenvalue weighted by Crippen LogP contribution is 2.18. The van der Waals surface area contributed by atoms with Crippen LogP contribution in [0, 0.1) is 11.8 Å². The molecule has 112 valence electrons. The SMILES string of the molecule is CC(C)CCN1CCC[C@H](N(C)C(=O)C(C)C)CC1. The number of carbonyl (C=O) groups excluding carboxylic acids is 1. The van der Waals surface area contributed by atoms with Crippen molar-refractivity contribution in [1.29, 1.82) is 0 Å². The van der Waals surface area contributed by atoms with Gasteiger partial charge in [0.2, 0.25) is 5.91 Å². The summed E-state index contributed by atoms with van der Waals surface area (Å²) in [5, 5.41) is 0. The Bertz CT molecular complexity index is 276. The molecule has 0 aromatic carbocycles. The summed E-state index contributed by atoms with van der Waals surface area (Å²) in [5.41, 5.74) is 0. The minimum Gasteiger partial charge on any atom is -0.343 e. The molecule has 0 aliphatic carbocycles. The van der Waals surface area contributed by atoms with Crippen molar-refractivity contribution in [2.45, 2.75) is 59.4 Å². The van der Waals surface area contributed by atoms with Gasteiger partial charge in [-0.15, -0.1) is 0 Å². The molecule has 0 N–H and O–H groups in total. The molecule has 0 aromatic rings. The van der Waals surface area contributed by atoms with Crippen LogP contribution < -0.4 is 0 Å². The molecule has 1 atom stereocenters. The van der Waals surface area contributed by atoms with E-state index in [1.165, 1.54) is 25.9 Å². The Morgan fingerprint density at radius 3 is 2.47 bits per heavy atom. The van der Waals surface area contributed by atoms with E-state index >= 15 is 0 Å². The van der Waals surface area contributed by atoms with E-state index in [0.717, 1.165) is 25.3 Å². The smallest absolute Gasteiger partial charge is 0.225 e. The fourth-order valence-corrected chi connectivity index (χ4v) is 2.78. The van der Waals surface area contributed by atoms with Gasteiger partial charge in [0, 0.05) is 25.6 Å². The quantitative estimate of drug-likeness (QED) is 0.765. The Balaban J connectivity index is 2.43. The van der Waals surface area contributed by atoms with Crippen molar-refractivity contribution in [2.75, 3.05) is 26.7 Å². The monoisotopic (exact) mass is 268 g/mol. The number of nitrogens with zero attached hydrogens (tertiary/aromatic N) is 2. The highest BCUT2D eigenvalue weighted by atomic mass is 16.2. The number of hydrogen-bond acceptors (Lipinski definition) is 2. The van der Waals surface area contributed by atoms with Gasteiger partial charge in [-0.05, 0) is 44.7 Å². The molecule has 0 spiro atoms. The van der Waals surface area contributed by atoms with Crippen LogP contribution in [-0.2, 0) is 4.79 Å². The number of hydrogen-bond donors (Lipinski definition) is 0. The lowest BCUT2D eigenvalue weighted by Gasteiger charge is -2.29. The average Bonchev–Trinajstić information content (AvgIpc) is 2.59. The molecule has 1 saturated heterocycles. The van der Waals surface area contributed by atoms with Gasteiger partial charge in [-0.3, -0.25) is 4.79 Å². The van der Waals surface area contributed by atoms with Crippen molar-refractivity contribution < 1.29 is 4.79 Å². The molecule has 19 heavy (non-hydrogen) atoms. The molecular weight excluding hydrogens is 236 g/mol. The van der Waals surface area contributed by atoms with Crippen LogP contribution in [-0.4, -0.2) is 48.4 Å². The fraction of sp³-hybridized carbons (Fsp3) is 0.938. The van der Waals surface area contributed by atoms with Gasteiger partial charge in [0.1, 0.15) is 0 Å². The first-order valence-electron chi connectivity index (χ1n) is 7.90. The molecule has 0 aromatic heterocycles. The lowest BCUT2D eigenvalue weighted by Crippen LogP contribution is -2.40. The second-order valence-corrected chi connectivity index (χ2v) is 6.71. The second-order valence-electron chi connectivity index (χ2n) is 6.71. The van der Waals surface area contributed by atoms with E-state index < -0.39 is 0 Å². The van der Waals surface area contributed by atoms with E-state index in [-0.39, 0.29) is 5.92 Å². The van der Waals surface area contributed by atoms with Crippen molar-refractivity contribution in [3.63, 3.8) is 0 Å². The van der Waals surface area contributed by atoms with Gasteiger partial charge in [-0.1, -0.05) is 27.7 Å². The first-order valence-corrected chi connectivity index (χ1v) is 7.90. The molecule has 0 saturated carbocycles. The molecule has 0 unspecified atom stereocenters. The van der Waals surface area contributed by atoms with E-state index in [0.29, 0.717) is 11.9 Å². The van der Waals surface area contributed by atoms with Gasteiger partial charge in [-0.2, -0.15) is 0 Å². The van der Waals surface area contributed by atoms with Gasteiger partial charge in [0.05, 0.1) is 0 Å². The van der Waals surface area contributed by atoms with Gasteiger partial charge in [-0.25, -0.2) is 0 Å². The molecule has 0 radical (unpaired) electrons. The molecular formula is C16H32N2O. The molecule has 1 rings (SSSR count). The number of likely N-dealkylation sites (tertiary alicyclic amines) is 1. The lowest BCUT2D eigenvalue weighted by atomic mass is 10.1. The summed E-state index contributed by atoms with van der Waals surface area (Å²) in [6.07, 6.45) is 4.80. The Labute approximate surface area is 119 Å². The van der Waals surface area contributed by atoms with Crippen molar-refractivity contribution in [2.24, 2.45) is 11.8 Å². The predicted octanol–water partition coefficient (Wildman–Crippen LogP) is 3.00. The van der Waals surface area contributed by atoms with Crippen LogP contribution in [0.2, 0.25) is 0 Å². The number of rotatable bonds is 5. The van der Waals surface area contributed by atoms with Crippen molar-refractivity contribution in [3.8, 4) is 0 Å². The minimum absolute atomic E-state index is 0.116. The zero-order valence-electron chi connectivity index (χ0n) is 13.5. The Kier molecular flexibility index (Phi) is 6.84. The average molecular weight is 268 g/mol. The van der Waals surface area contributed by atoms with Crippen LogP contribution in [0.4, 0.5) is 0 Å². The second kappa shape index (κ2) is 7.88. The van der Waals surface area contributed by atoms with Crippen molar-refractivity contribution >= 4 is 5.91 Å². The molecule has 3 heteroatoms. The first-order chi connectivity index (χ1) is 8.91. The van der Waals surface area contributed by atoms with E-state index in [9.17, 15) is 4.79 Å². The topological polar surface area (TPSA) is 23.6 Å². The van der Waals surface area contributed by atoms with Gasteiger partial charge < -0.3 is 9.80 Å². The maximum absolute atomic E-state index is 12.1. The summed E-state index contributed by atoms with van der Waals surface area (Å²) >= 11 is 0. The standard InChI is InChI=1S/C16H32N2O/c1-13(2)8-11-18-10-6-7-15(9-12-18)17(5)16(19)14(3)4/h13-15H,6-12H2,1-5H3/t15-/m0/s1. The summed E-state index contributed by atoms with van der Waals surface area (Å²) in [6, 6.07) is 0.443. The molecule has 1 heterocycles. The van der Waals surface area contributed by atoms with E-state index in [1.807, 2.05) is 25.8 Å². The predicted molar refractivity (Wildman–Crippen MR) is 81.1 cm³/mol.